The molecule has 0 atom stereocenters. The molecule has 12 heavy (non-hydrogen) atoms. The van der Waals surface area contributed by atoms with Crippen LogP contribution in [-0.2, 0) is 11.2 Å². The molecule has 1 aromatic rings. The predicted octanol–water partition coefficient (Wildman–Crippen LogP) is 2.35. The second-order valence-electron chi connectivity index (χ2n) is 2.75. The molecular formula is C9H14ClNO. The molecule has 1 rings (SSSR count). The molecule has 0 aromatic carbocycles. The molecule has 1 N–H and O–H groups in total. The lowest BCUT2D eigenvalue weighted by molar-refractivity contribution is -0.117. The minimum absolute atomic E-state index is 0. The first kappa shape index (κ1) is 11.2. The number of carbonyl (C=O) groups is 1. The van der Waals surface area contributed by atoms with Crippen LogP contribution in [0.5, 0.6) is 0 Å². The fraction of sp³-hybridized carbons (Fsp3) is 0.444. The molecule has 0 fully saturated rings. The first-order chi connectivity index (χ1) is 5.29. The van der Waals surface area contributed by atoms with Crippen LogP contribution in [0.2, 0.25) is 0 Å². The van der Waals surface area contributed by atoms with Crippen molar-refractivity contribution in [3.63, 3.8) is 0 Å². The summed E-state index contributed by atoms with van der Waals surface area (Å²) in [4.78, 5) is 13.7. The third kappa shape index (κ3) is 4.19. The van der Waals surface area contributed by atoms with E-state index < -0.39 is 0 Å². The highest BCUT2D eigenvalue weighted by molar-refractivity contribution is 5.85. The number of ketones is 1. The lowest BCUT2D eigenvalue weighted by Gasteiger charge is -1.94. The SMILES string of the molecule is CC(=O)CCCc1ccc[nH]1.Cl. The molecule has 0 aliphatic heterocycles. The summed E-state index contributed by atoms with van der Waals surface area (Å²) in [5.41, 5.74) is 1.21. The summed E-state index contributed by atoms with van der Waals surface area (Å²) < 4.78 is 0. The molecule has 0 unspecified atom stereocenters. The number of aromatic amines is 1. The van der Waals surface area contributed by atoms with Crippen molar-refractivity contribution >= 4 is 18.2 Å². The first-order valence-corrected chi connectivity index (χ1v) is 3.91. The summed E-state index contributed by atoms with van der Waals surface area (Å²) in [7, 11) is 0. The van der Waals surface area contributed by atoms with Crippen LogP contribution in [0, 0.1) is 0 Å². The molecule has 0 saturated heterocycles. The van der Waals surface area contributed by atoms with E-state index >= 15 is 0 Å². The molecule has 68 valence electrons. The third-order valence-corrected chi connectivity index (χ3v) is 1.64. The number of H-pyrrole nitrogens is 1. The Balaban J connectivity index is 0.00000121. The zero-order valence-electron chi connectivity index (χ0n) is 7.17. The number of aryl methyl sites for hydroxylation is 1. The van der Waals surface area contributed by atoms with Crippen LogP contribution in [0.25, 0.3) is 0 Å². The van der Waals surface area contributed by atoms with Crippen LogP contribution < -0.4 is 0 Å². The standard InChI is InChI=1S/C9H13NO.ClH/c1-8(11)4-2-5-9-6-3-7-10-9;/h3,6-7,10H,2,4-5H2,1H3;1H. The van der Waals surface area contributed by atoms with E-state index in [1.54, 1.807) is 6.92 Å². The topological polar surface area (TPSA) is 32.9 Å². The van der Waals surface area contributed by atoms with Gasteiger partial charge in [0.25, 0.3) is 0 Å². The van der Waals surface area contributed by atoms with Crippen molar-refractivity contribution in [2.45, 2.75) is 26.2 Å². The quantitative estimate of drug-likeness (QED) is 0.771. The maximum Gasteiger partial charge on any atom is 0.129 e. The average Bonchev–Trinajstić information content (AvgIpc) is 2.39. The van der Waals surface area contributed by atoms with Gasteiger partial charge in [0, 0.05) is 18.3 Å². The Hall–Kier alpha value is -0.760. The second-order valence-corrected chi connectivity index (χ2v) is 2.75. The lowest BCUT2D eigenvalue weighted by atomic mass is 10.1. The number of aromatic nitrogens is 1. The number of hydrogen-bond acceptors (Lipinski definition) is 1. The van der Waals surface area contributed by atoms with Crippen molar-refractivity contribution in [2.75, 3.05) is 0 Å². The van der Waals surface area contributed by atoms with Crippen LogP contribution in [0.3, 0.4) is 0 Å². The van der Waals surface area contributed by atoms with E-state index in [2.05, 4.69) is 4.98 Å². The number of rotatable bonds is 4. The molecule has 0 bridgehead atoms. The molecule has 2 nitrogen and oxygen atoms in total. The summed E-state index contributed by atoms with van der Waals surface area (Å²) >= 11 is 0. The van der Waals surface area contributed by atoms with Crippen LogP contribution in [0.4, 0.5) is 0 Å². The monoisotopic (exact) mass is 187 g/mol. The first-order valence-electron chi connectivity index (χ1n) is 3.91. The highest BCUT2D eigenvalue weighted by Crippen LogP contribution is 2.01. The van der Waals surface area contributed by atoms with Crippen LogP contribution in [0.1, 0.15) is 25.5 Å². The zero-order chi connectivity index (χ0) is 8.10. The van der Waals surface area contributed by atoms with Gasteiger partial charge in [-0.3, -0.25) is 0 Å². The molecule has 1 heterocycles. The minimum Gasteiger partial charge on any atom is -0.365 e. The van der Waals surface area contributed by atoms with E-state index in [9.17, 15) is 4.79 Å². The van der Waals surface area contributed by atoms with Gasteiger partial charge in [-0.2, -0.15) is 0 Å². The van der Waals surface area contributed by atoms with E-state index in [1.807, 2.05) is 18.3 Å². The molecular weight excluding hydrogens is 174 g/mol. The largest absolute Gasteiger partial charge is 0.365 e. The van der Waals surface area contributed by atoms with Gasteiger partial charge in [0.1, 0.15) is 5.78 Å². The van der Waals surface area contributed by atoms with E-state index in [-0.39, 0.29) is 18.2 Å². The maximum absolute atomic E-state index is 10.6. The van der Waals surface area contributed by atoms with Crippen molar-refractivity contribution in [3.8, 4) is 0 Å². The molecule has 0 aliphatic rings. The van der Waals surface area contributed by atoms with Gasteiger partial charge in [-0.25, -0.2) is 0 Å². The van der Waals surface area contributed by atoms with Gasteiger partial charge in [0.15, 0.2) is 0 Å². The van der Waals surface area contributed by atoms with E-state index in [4.69, 9.17) is 0 Å². The minimum atomic E-state index is 0. The Morgan fingerprint density at radius 1 is 1.58 bits per heavy atom. The van der Waals surface area contributed by atoms with Gasteiger partial charge in [0.2, 0.25) is 0 Å². The highest BCUT2D eigenvalue weighted by Gasteiger charge is 1.95. The summed E-state index contributed by atoms with van der Waals surface area (Å²) in [6.07, 6.45) is 4.53. The Morgan fingerprint density at radius 2 is 2.33 bits per heavy atom. The molecule has 1 aromatic heterocycles. The number of Topliss-reactive ketones (excluding diaryl/α,β-unsaturated/α-hetero) is 1. The third-order valence-electron chi connectivity index (χ3n) is 1.64. The second kappa shape index (κ2) is 5.84. The van der Waals surface area contributed by atoms with Gasteiger partial charge in [-0.05, 0) is 31.9 Å². The number of carbonyl (C=O) groups excluding carboxylic acids is 1. The molecule has 0 aliphatic carbocycles. The fourth-order valence-corrected chi connectivity index (χ4v) is 1.05. The summed E-state index contributed by atoms with van der Waals surface area (Å²) in [6, 6.07) is 4.02. The summed E-state index contributed by atoms with van der Waals surface area (Å²) in [6.45, 7) is 1.63. The van der Waals surface area contributed by atoms with E-state index in [0.717, 1.165) is 12.8 Å². The number of halogens is 1. The van der Waals surface area contributed by atoms with Gasteiger partial charge >= 0.3 is 0 Å². The Bertz CT molecular complexity index is 218. The highest BCUT2D eigenvalue weighted by atomic mass is 35.5. The lowest BCUT2D eigenvalue weighted by Crippen LogP contribution is -1.92. The molecule has 0 radical (unpaired) electrons. The Morgan fingerprint density at radius 3 is 2.83 bits per heavy atom. The summed E-state index contributed by atoms with van der Waals surface area (Å²) in [5, 5.41) is 0. The van der Waals surface area contributed by atoms with Crippen LogP contribution in [0.15, 0.2) is 18.3 Å². The van der Waals surface area contributed by atoms with Crippen LogP contribution >= 0.6 is 12.4 Å². The molecule has 3 heteroatoms. The fourth-order valence-electron chi connectivity index (χ4n) is 1.05. The number of nitrogens with one attached hydrogen (secondary N) is 1. The van der Waals surface area contributed by atoms with Crippen molar-refractivity contribution in [3.05, 3.63) is 24.0 Å². The Labute approximate surface area is 78.8 Å². The van der Waals surface area contributed by atoms with Crippen molar-refractivity contribution in [2.24, 2.45) is 0 Å². The predicted molar refractivity (Wildman–Crippen MR) is 51.7 cm³/mol. The average molecular weight is 188 g/mol. The van der Waals surface area contributed by atoms with E-state index in [1.165, 1.54) is 5.69 Å². The Kier molecular flexibility index (Phi) is 5.47. The van der Waals surface area contributed by atoms with Gasteiger partial charge in [-0.15, -0.1) is 12.4 Å². The van der Waals surface area contributed by atoms with E-state index in [0.29, 0.717) is 6.42 Å². The molecule has 0 spiro atoms. The van der Waals surface area contributed by atoms with Gasteiger partial charge in [-0.1, -0.05) is 0 Å². The van der Waals surface area contributed by atoms with Crippen molar-refractivity contribution in [1.29, 1.82) is 0 Å². The van der Waals surface area contributed by atoms with Crippen molar-refractivity contribution < 1.29 is 4.79 Å². The molecule has 0 saturated carbocycles. The van der Waals surface area contributed by atoms with Crippen molar-refractivity contribution in [1.82, 2.24) is 4.98 Å². The maximum atomic E-state index is 10.6. The normalized spacial score (nSPS) is 9.08. The summed E-state index contributed by atoms with van der Waals surface area (Å²) in [5.74, 6) is 0.275. The van der Waals surface area contributed by atoms with Crippen LogP contribution in [-0.4, -0.2) is 10.8 Å². The van der Waals surface area contributed by atoms with Gasteiger partial charge in [0.05, 0.1) is 0 Å². The number of hydrogen-bond donors (Lipinski definition) is 1. The smallest absolute Gasteiger partial charge is 0.129 e. The zero-order valence-corrected chi connectivity index (χ0v) is 7.99. The van der Waals surface area contributed by atoms with Gasteiger partial charge < -0.3 is 9.78 Å². The molecule has 0 amide bonds.